The van der Waals surface area contributed by atoms with Crippen LogP contribution in [0.2, 0.25) is 0 Å². The SMILES string of the molecule is CCCCCC(=O)NC(=S)Nc1cccc(NC(=O)CCCCC)c1. The molecule has 0 radical (unpaired) electrons. The minimum Gasteiger partial charge on any atom is -0.332 e. The molecule has 0 fully saturated rings. The lowest BCUT2D eigenvalue weighted by Gasteiger charge is -2.11. The van der Waals surface area contributed by atoms with Crippen molar-refractivity contribution < 1.29 is 9.59 Å². The number of nitrogens with one attached hydrogen (secondary N) is 3. The molecule has 1 aromatic rings. The topological polar surface area (TPSA) is 70.2 Å². The van der Waals surface area contributed by atoms with Crippen LogP contribution in [0.5, 0.6) is 0 Å². The number of anilines is 2. The van der Waals surface area contributed by atoms with Gasteiger partial charge >= 0.3 is 0 Å². The van der Waals surface area contributed by atoms with Crippen LogP contribution in [0.15, 0.2) is 24.3 Å². The molecule has 0 aliphatic rings. The van der Waals surface area contributed by atoms with Crippen molar-refractivity contribution in [2.45, 2.75) is 65.2 Å². The van der Waals surface area contributed by atoms with E-state index in [4.69, 9.17) is 12.2 Å². The van der Waals surface area contributed by atoms with Crippen LogP contribution >= 0.6 is 12.2 Å². The van der Waals surface area contributed by atoms with E-state index < -0.39 is 0 Å². The average molecular weight is 364 g/mol. The van der Waals surface area contributed by atoms with E-state index in [1.807, 2.05) is 18.2 Å². The zero-order valence-corrected chi connectivity index (χ0v) is 16.0. The molecule has 0 heterocycles. The quantitative estimate of drug-likeness (QED) is 0.420. The summed E-state index contributed by atoms with van der Waals surface area (Å²) in [6, 6.07) is 7.29. The Labute approximate surface area is 156 Å². The second-order valence-corrected chi connectivity index (χ2v) is 6.45. The molecule has 3 N–H and O–H groups in total. The maximum Gasteiger partial charge on any atom is 0.226 e. The number of hydrogen-bond acceptors (Lipinski definition) is 3. The van der Waals surface area contributed by atoms with Crippen LogP contribution in [-0.4, -0.2) is 16.9 Å². The molecule has 0 bridgehead atoms. The fourth-order valence-electron chi connectivity index (χ4n) is 2.32. The molecule has 0 spiro atoms. The molecule has 1 aromatic carbocycles. The van der Waals surface area contributed by atoms with Gasteiger partial charge in [0.05, 0.1) is 0 Å². The normalized spacial score (nSPS) is 10.2. The Bertz CT molecular complexity index is 576. The molecule has 0 aromatic heterocycles. The van der Waals surface area contributed by atoms with Crippen LogP contribution < -0.4 is 16.0 Å². The third-order valence-electron chi connectivity index (χ3n) is 3.67. The first-order valence-corrected chi connectivity index (χ1v) is 9.46. The Morgan fingerprint density at radius 2 is 1.44 bits per heavy atom. The highest BCUT2D eigenvalue weighted by Crippen LogP contribution is 2.15. The summed E-state index contributed by atoms with van der Waals surface area (Å²) in [7, 11) is 0. The fourth-order valence-corrected chi connectivity index (χ4v) is 2.55. The van der Waals surface area contributed by atoms with E-state index in [2.05, 4.69) is 29.8 Å². The van der Waals surface area contributed by atoms with Gasteiger partial charge in [0, 0.05) is 24.2 Å². The lowest BCUT2D eigenvalue weighted by atomic mass is 10.2. The summed E-state index contributed by atoms with van der Waals surface area (Å²) in [6.07, 6.45) is 7.02. The van der Waals surface area contributed by atoms with Gasteiger partial charge in [-0.3, -0.25) is 9.59 Å². The number of unbranched alkanes of at least 4 members (excludes halogenated alkanes) is 4. The van der Waals surface area contributed by atoms with Gasteiger partial charge in [0.2, 0.25) is 11.8 Å². The van der Waals surface area contributed by atoms with Gasteiger partial charge in [-0.15, -0.1) is 0 Å². The second kappa shape index (κ2) is 12.4. The van der Waals surface area contributed by atoms with Gasteiger partial charge in [-0.25, -0.2) is 0 Å². The van der Waals surface area contributed by atoms with Crippen LogP contribution in [0.1, 0.15) is 65.2 Å². The maximum atomic E-state index is 11.9. The minimum absolute atomic E-state index is 0.0115. The molecular formula is C19H29N3O2S. The predicted molar refractivity (Wildman–Crippen MR) is 108 cm³/mol. The summed E-state index contributed by atoms with van der Waals surface area (Å²) in [5.74, 6) is -0.0660. The van der Waals surface area contributed by atoms with E-state index in [0.717, 1.165) is 44.2 Å². The van der Waals surface area contributed by atoms with E-state index >= 15 is 0 Å². The van der Waals surface area contributed by atoms with Gasteiger partial charge in [0.15, 0.2) is 5.11 Å². The summed E-state index contributed by atoms with van der Waals surface area (Å²) in [5.41, 5.74) is 1.44. The zero-order chi connectivity index (χ0) is 18.5. The molecule has 0 atom stereocenters. The predicted octanol–water partition coefficient (Wildman–Crippen LogP) is 4.60. The Morgan fingerprint density at radius 1 is 0.880 bits per heavy atom. The molecule has 1 rings (SSSR count). The molecule has 0 unspecified atom stereocenters. The van der Waals surface area contributed by atoms with E-state index in [0.29, 0.717) is 18.5 Å². The standard InChI is InChI=1S/C19H29N3O2S/c1-3-5-7-12-17(23)20-15-10-9-11-16(14-15)21-19(25)22-18(24)13-8-6-4-2/h9-11,14H,3-8,12-13H2,1-2H3,(H,20,23)(H2,21,22,24,25). The maximum absolute atomic E-state index is 11.9. The van der Waals surface area contributed by atoms with Crippen molar-refractivity contribution in [3.8, 4) is 0 Å². The smallest absolute Gasteiger partial charge is 0.226 e. The lowest BCUT2D eigenvalue weighted by Crippen LogP contribution is -2.33. The third-order valence-corrected chi connectivity index (χ3v) is 3.88. The highest BCUT2D eigenvalue weighted by atomic mass is 32.1. The molecule has 6 heteroatoms. The number of amides is 2. The van der Waals surface area contributed by atoms with Gasteiger partial charge in [-0.2, -0.15) is 0 Å². The van der Waals surface area contributed by atoms with Crippen molar-refractivity contribution in [1.29, 1.82) is 0 Å². The number of carbonyl (C=O) groups is 2. The fraction of sp³-hybridized carbons (Fsp3) is 0.526. The van der Waals surface area contributed by atoms with Gasteiger partial charge in [-0.1, -0.05) is 45.6 Å². The lowest BCUT2D eigenvalue weighted by molar-refractivity contribution is -0.119. The molecule has 0 saturated heterocycles. The monoisotopic (exact) mass is 363 g/mol. The Kier molecular flexibility index (Phi) is 10.5. The van der Waals surface area contributed by atoms with Crippen molar-refractivity contribution in [3.05, 3.63) is 24.3 Å². The molecule has 5 nitrogen and oxygen atoms in total. The summed E-state index contributed by atoms with van der Waals surface area (Å²) in [5, 5.41) is 8.80. The van der Waals surface area contributed by atoms with Crippen LogP contribution in [0.3, 0.4) is 0 Å². The highest BCUT2D eigenvalue weighted by molar-refractivity contribution is 7.80. The molecular weight excluding hydrogens is 334 g/mol. The number of rotatable bonds is 10. The van der Waals surface area contributed by atoms with Crippen molar-refractivity contribution in [1.82, 2.24) is 5.32 Å². The number of benzene rings is 1. The summed E-state index contributed by atoms with van der Waals surface area (Å²) < 4.78 is 0. The van der Waals surface area contributed by atoms with Crippen LogP contribution in [0.4, 0.5) is 11.4 Å². The van der Waals surface area contributed by atoms with Crippen LogP contribution in [0.25, 0.3) is 0 Å². The van der Waals surface area contributed by atoms with E-state index in [-0.39, 0.29) is 16.9 Å². The summed E-state index contributed by atoms with van der Waals surface area (Å²) >= 11 is 5.16. The van der Waals surface area contributed by atoms with Crippen LogP contribution in [-0.2, 0) is 9.59 Å². The largest absolute Gasteiger partial charge is 0.332 e. The van der Waals surface area contributed by atoms with Gasteiger partial charge in [-0.05, 0) is 43.3 Å². The van der Waals surface area contributed by atoms with Crippen molar-refractivity contribution in [3.63, 3.8) is 0 Å². The average Bonchev–Trinajstić information content (AvgIpc) is 2.55. The van der Waals surface area contributed by atoms with E-state index in [9.17, 15) is 9.59 Å². The van der Waals surface area contributed by atoms with Crippen LogP contribution in [0, 0.1) is 0 Å². The Hall–Kier alpha value is -1.95. The van der Waals surface area contributed by atoms with Gasteiger partial charge in [0.25, 0.3) is 0 Å². The Morgan fingerprint density at radius 3 is 2.04 bits per heavy atom. The van der Waals surface area contributed by atoms with E-state index in [1.165, 1.54) is 0 Å². The van der Waals surface area contributed by atoms with Crippen molar-refractivity contribution in [2.24, 2.45) is 0 Å². The first kappa shape index (κ1) is 21.1. The molecule has 138 valence electrons. The zero-order valence-electron chi connectivity index (χ0n) is 15.2. The first-order valence-electron chi connectivity index (χ1n) is 9.06. The molecule has 0 aliphatic heterocycles. The first-order chi connectivity index (χ1) is 12.0. The minimum atomic E-state index is -0.0775. The van der Waals surface area contributed by atoms with Crippen molar-refractivity contribution >= 4 is 40.5 Å². The number of hydrogen-bond donors (Lipinski definition) is 3. The Balaban J connectivity index is 2.44. The highest BCUT2D eigenvalue weighted by Gasteiger charge is 2.06. The molecule has 0 saturated carbocycles. The van der Waals surface area contributed by atoms with Gasteiger partial charge in [0.1, 0.15) is 0 Å². The summed E-state index contributed by atoms with van der Waals surface area (Å²) in [6.45, 7) is 4.21. The molecule has 2 amide bonds. The second-order valence-electron chi connectivity index (χ2n) is 6.05. The van der Waals surface area contributed by atoms with Crippen molar-refractivity contribution in [2.75, 3.05) is 10.6 Å². The summed E-state index contributed by atoms with van der Waals surface area (Å²) in [4.78, 5) is 23.6. The number of carbonyl (C=O) groups excluding carboxylic acids is 2. The third kappa shape index (κ3) is 9.82. The molecule has 25 heavy (non-hydrogen) atoms. The molecule has 0 aliphatic carbocycles. The number of thiocarbonyl (C=S) groups is 1. The van der Waals surface area contributed by atoms with E-state index in [1.54, 1.807) is 6.07 Å². The van der Waals surface area contributed by atoms with Gasteiger partial charge < -0.3 is 16.0 Å².